The van der Waals surface area contributed by atoms with Crippen molar-refractivity contribution in [2.45, 2.75) is 65.1 Å². The van der Waals surface area contributed by atoms with Gasteiger partial charge >= 0.3 is 12.4 Å². The molecule has 1 radical (unpaired) electrons. The number of hydrogen-bond acceptors (Lipinski definition) is 3. The first-order valence-corrected chi connectivity index (χ1v) is 10.9. The van der Waals surface area contributed by atoms with Gasteiger partial charge in [0.25, 0.3) is 0 Å². The summed E-state index contributed by atoms with van der Waals surface area (Å²) in [7, 11) is -1.04. The van der Waals surface area contributed by atoms with Crippen LogP contribution in [0.15, 0.2) is 36.4 Å². The smallest absolute Gasteiger partial charge is 0.417 e. The van der Waals surface area contributed by atoms with Crippen molar-refractivity contribution in [1.29, 1.82) is 0 Å². The van der Waals surface area contributed by atoms with Gasteiger partial charge in [-0.15, -0.1) is 0 Å². The first kappa shape index (κ1) is 30.3. The Morgan fingerprint density at radius 3 is 1.65 bits per heavy atom. The number of halogens is 6. The topological polar surface area (TPSA) is 35.5 Å². The van der Waals surface area contributed by atoms with Crippen molar-refractivity contribution < 1.29 is 40.6 Å². The summed E-state index contributed by atoms with van der Waals surface area (Å²) in [6, 6.07) is 5.98. The molecule has 11 heteroatoms. The van der Waals surface area contributed by atoms with E-state index in [1.807, 2.05) is 20.8 Å². The molecule has 0 heterocycles. The molecule has 1 unspecified atom stereocenters. The molecular formula is C23H25F6LiO3P. The second kappa shape index (κ2) is 10.5. The van der Waals surface area contributed by atoms with E-state index >= 15 is 0 Å². The van der Waals surface area contributed by atoms with Crippen LogP contribution in [0, 0.1) is 0 Å². The van der Waals surface area contributed by atoms with Gasteiger partial charge in [-0.1, -0.05) is 6.07 Å². The Hall–Kier alpha value is -1.68. The third kappa shape index (κ3) is 8.52. The summed E-state index contributed by atoms with van der Waals surface area (Å²) < 4.78 is 92.4. The van der Waals surface area contributed by atoms with Crippen LogP contribution in [0.1, 0.15) is 63.0 Å². The van der Waals surface area contributed by atoms with Crippen LogP contribution < -0.4 is 14.8 Å². The van der Waals surface area contributed by atoms with Crippen LogP contribution in [-0.2, 0) is 12.4 Å². The Morgan fingerprint density at radius 1 is 0.765 bits per heavy atom. The fraction of sp³-hybridized carbons (Fsp3) is 0.435. The van der Waals surface area contributed by atoms with Crippen molar-refractivity contribution in [2.75, 3.05) is 0 Å². The molecule has 0 aliphatic carbocycles. The maximum atomic E-state index is 13.5. The van der Waals surface area contributed by atoms with Crippen LogP contribution in [0.2, 0.25) is 0 Å². The Bertz CT molecular complexity index is 989. The third-order valence-electron chi connectivity index (χ3n) is 3.94. The number of benzene rings is 2. The zero-order valence-electron chi connectivity index (χ0n) is 20.0. The van der Waals surface area contributed by atoms with E-state index in [2.05, 4.69) is 0 Å². The third-order valence-corrected chi connectivity index (χ3v) is 5.10. The summed E-state index contributed by atoms with van der Waals surface area (Å²) in [5.41, 5.74) is -7.25. The molecule has 0 aliphatic heterocycles. The fourth-order valence-electron chi connectivity index (χ4n) is 2.89. The van der Waals surface area contributed by atoms with E-state index in [0.29, 0.717) is 23.9 Å². The maximum absolute atomic E-state index is 13.5. The monoisotopic (exact) mass is 501 g/mol. The van der Waals surface area contributed by atoms with Crippen molar-refractivity contribution in [3.05, 3.63) is 53.1 Å². The Morgan fingerprint density at radius 2 is 1.24 bits per heavy atom. The molecule has 0 aromatic heterocycles. The molecule has 3 nitrogen and oxygen atoms in total. The molecule has 2 aromatic carbocycles. The Balaban J connectivity index is 0.00000578. The predicted molar refractivity (Wildman–Crippen MR) is 122 cm³/mol. The van der Waals surface area contributed by atoms with Gasteiger partial charge in [0.15, 0.2) is 5.52 Å². The van der Waals surface area contributed by atoms with E-state index in [0.717, 1.165) is 0 Å². The average Bonchev–Trinajstić information content (AvgIpc) is 2.59. The SMILES string of the molecule is CC(C)(C)Oc1ccc(PC(=O)c2c(C(F)(F)F)cccc2C(F)(F)F)c(OC(C)(C)C)c1.[Li]. The van der Waals surface area contributed by atoms with Crippen molar-refractivity contribution >= 4 is 38.3 Å². The molecular weight excluding hydrogens is 476 g/mol. The standard InChI is InChI=1S/C23H25F6O3P.Li/c1-20(2,3)31-13-10-11-17(16(12-13)32-21(4,5)6)33-19(30)18-14(22(24,25)26)8-7-9-15(18)23(27,28)29;/h7-12,33H,1-6H3;. The number of carbonyl (C=O) groups excluding carboxylic acids is 1. The summed E-state index contributed by atoms with van der Waals surface area (Å²) in [5.74, 6) is 0.531. The molecule has 183 valence electrons. The molecule has 0 saturated carbocycles. The van der Waals surface area contributed by atoms with Gasteiger partial charge in [-0.25, -0.2) is 0 Å². The second-order valence-electron chi connectivity index (χ2n) is 9.26. The molecule has 0 N–H and O–H groups in total. The molecule has 34 heavy (non-hydrogen) atoms. The van der Waals surface area contributed by atoms with Crippen molar-refractivity contribution in [3.8, 4) is 11.5 Å². The molecule has 2 rings (SSSR count). The van der Waals surface area contributed by atoms with Gasteiger partial charge in [-0.2, -0.15) is 26.3 Å². The van der Waals surface area contributed by atoms with E-state index in [1.165, 1.54) is 18.2 Å². The van der Waals surface area contributed by atoms with E-state index in [-0.39, 0.29) is 29.9 Å². The first-order chi connectivity index (χ1) is 14.8. The van der Waals surface area contributed by atoms with Gasteiger partial charge in [0, 0.05) is 35.8 Å². The number of rotatable bonds is 5. The average molecular weight is 501 g/mol. The first-order valence-electron chi connectivity index (χ1n) is 9.89. The number of ether oxygens (including phenoxy) is 2. The van der Waals surface area contributed by atoms with E-state index < -0.39 is 54.4 Å². The molecule has 2 aromatic rings. The Kier molecular flexibility index (Phi) is 9.39. The van der Waals surface area contributed by atoms with E-state index in [4.69, 9.17) is 9.47 Å². The van der Waals surface area contributed by atoms with Crippen LogP contribution in [0.4, 0.5) is 26.3 Å². The van der Waals surface area contributed by atoms with Crippen LogP contribution in [0.5, 0.6) is 11.5 Å². The van der Waals surface area contributed by atoms with Crippen LogP contribution in [-0.4, -0.2) is 35.6 Å². The van der Waals surface area contributed by atoms with Gasteiger partial charge in [-0.3, -0.25) is 4.79 Å². The van der Waals surface area contributed by atoms with E-state index in [1.54, 1.807) is 20.8 Å². The minimum absolute atomic E-state index is 0. The zero-order chi connectivity index (χ0) is 25.4. The van der Waals surface area contributed by atoms with Gasteiger partial charge in [0.2, 0.25) is 0 Å². The van der Waals surface area contributed by atoms with Crippen LogP contribution in [0.25, 0.3) is 0 Å². The number of hydrogen-bond donors (Lipinski definition) is 0. The van der Waals surface area contributed by atoms with Gasteiger partial charge in [-0.05, 0) is 74.4 Å². The van der Waals surface area contributed by atoms with Crippen molar-refractivity contribution in [3.63, 3.8) is 0 Å². The summed E-state index contributed by atoms with van der Waals surface area (Å²) in [4.78, 5) is 12.9. The van der Waals surface area contributed by atoms with Crippen LogP contribution in [0.3, 0.4) is 0 Å². The molecule has 0 saturated heterocycles. The van der Waals surface area contributed by atoms with Crippen molar-refractivity contribution in [2.24, 2.45) is 0 Å². The van der Waals surface area contributed by atoms with Gasteiger partial charge < -0.3 is 9.47 Å². The van der Waals surface area contributed by atoms with E-state index in [9.17, 15) is 31.1 Å². The summed E-state index contributed by atoms with van der Waals surface area (Å²) >= 11 is 0. The minimum Gasteiger partial charge on any atom is -0.488 e. The maximum Gasteiger partial charge on any atom is 0.417 e. The minimum atomic E-state index is -5.13. The molecule has 0 aliphatic rings. The summed E-state index contributed by atoms with van der Waals surface area (Å²) in [6.45, 7) is 10.6. The zero-order valence-corrected chi connectivity index (χ0v) is 21.0. The predicted octanol–water partition coefficient (Wildman–Crippen LogP) is 6.84. The molecule has 0 bridgehead atoms. The largest absolute Gasteiger partial charge is 0.488 e. The summed E-state index contributed by atoms with van der Waals surface area (Å²) in [6.07, 6.45) is -10.3. The molecule has 0 spiro atoms. The second-order valence-corrected chi connectivity index (χ2v) is 10.5. The quantitative estimate of drug-likeness (QED) is 0.256. The summed E-state index contributed by atoms with van der Waals surface area (Å²) in [5, 5.41) is 0.168. The number of carbonyl (C=O) groups is 1. The molecule has 0 amide bonds. The molecule has 0 fully saturated rings. The number of alkyl halides is 6. The Labute approximate surface area is 208 Å². The van der Waals surface area contributed by atoms with Crippen LogP contribution >= 0.6 is 8.58 Å². The normalized spacial score (nSPS) is 13.1. The molecule has 1 atom stereocenters. The van der Waals surface area contributed by atoms with Crippen molar-refractivity contribution in [1.82, 2.24) is 0 Å². The van der Waals surface area contributed by atoms with Gasteiger partial charge in [0.1, 0.15) is 22.7 Å². The fourth-order valence-corrected chi connectivity index (χ4v) is 3.94. The van der Waals surface area contributed by atoms with Gasteiger partial charge in [0.05, 0.1) is 11.1 Å².